The lowest BCUT2D eigenvalue weighted by Gasteiger charge is -2.41. The minimum absolute atomic E-state index is 0.190. The third kappa shape index (κ3) is 3.51. The van der Waals surface area contributed by atoms with Crippen molar-refractivity contribution in [2.75, 3.05) is 0 Å². The molecule has 0 spiro atoms. The summed E-state index contributed by atoms with van der Waals surface area (Å²) in [4.78, 5) is 0. The highest BCUT2D eigenvalue weighted by molar-refractivity contribution is 5.22. The van der Waals surface area contributed by atoms with Crippen molar-refractivity contribution in [1.29, 1.82) is 0 Å². The van der Waals surface area contributed by atoms with Crippen LogP contribution in [0, 0.1) is 17.2 Å². The average Bonchev–Trinajstić information content (AvgIpc) is 2.43. The van der Waals surface area contributed by atoms with E-state index in [-0.39, 0.29) is 17.3 Å². The van der Waals surface area contributed by atoms with Crippen molar-refractivity contribution in [3.63, 3.8) is 0 Å². The Morgan fingerprint density at radius 3 is 2.50 bits per heavy atom. The summed E-state index contributed by atoms with van der Waals surface area (Å²) in [5.41, 5.74) is 0.268. The van der Waals surface area contributed by atoms with Crippen molar-refractivity contribution >= 4 is 0 Å². The van der Waals surface area contributed by atoms with Crippen LogP contribution in [0.15, 0.2) is 24.3 Å². The fraction of sp³-hybridized carbons (Fsp3) is 0.647. The molecule has 112 valence electrons. The quantitative estimate of drug-likeness (QED) is 0.897. The molecule has 1 aliphatic carbocycles. The van der Waals surface area contributed by atoms with Crippen molar-refractivity contribution in [3.8, 4) is 5.75 Å². The Bertz CT molecular complexity index is 427. The van der Waals surface area contributed by atoms with Gasteiger partial charge in [0.1, 0.15) is 17.7 Å². The molecule has 2 rings (SSSR count). The Balaban J connectivity index is 2.04. The monoisotopic (exact) mass is 280 g/mol. The van der Waals surface area contributed by atoms with Gasteiger partial charge in [-0.15, -0.1) is 0 Å². The van der Waals surface area contributed by atoms with Crippen LogP contribution in [-0.2, 0) is 0 Å². The van der Waals surface area contributed by atoms with Crippen LogP contribution in [0.3, 0.4) is 0 Å². The molecule has 1 aromatic rings. The van der Waals surface area contributed by atoms with E-state index in [0.717, 1.165) is 25.7 Å². The minimum Gasteiger partial charge on any atom is -0.488 e. The summed E-state index contributed by atoms with van der Waals surface area (Å²) >= 11 is 0. The lowest BCUT2D eigenvalue weighted by molar-refractivity contribution is -0.0333. The Hall–Kier alpha value is -1.09. The van der Waals surface area contributed by atoms with Crippen molar-refractivity contribution in [3.05, 3.63) is 30.1 Å². The highest BCUT2D eigenvalue weighted by Gasteiger charge is 2.37. The molecule has 1 saturated carbocycles. The predicted octanol–water partition coefficient (Wildman–Crippen LogP) is 4.17. The number of rotatable bonds is 4. The van der Waals surface area contributed by atoms with Crippen LogP contribution in [0.2, 0.25) is 0 Å². The van der Waals surface area contributed by atoms with Crippen molar-refractivity contribution < 1.29 is 14.2 Å². The zero-order valence-corrected chi connectivity index (χ0v) is 12.6. The Morgan fingerprint density at radius 1 is 1.25 bits per heavy atom. The molecule has 3 atom stereocenters. The van der Waals surface area contributed by atoms with Crippen LogP contribution in [-0.4, -0.2) is 17.3 Å². The zero-order chi connectivity index (χ0) is 14.8. The van der Waals surface area contributed by atoms with Gasteiger partial charge < -0.3 is 9.84 Å². The third-order valence-electron chi connectivity index (χ3n) is 4.87. The molecule has 3 unspecified atom stereocenters. The summed E-state index contributed by atoms with van der Waals surface area (Å²) in [7, 11) is 0. The molecular weight excluding hydrogens is 255 g/mol. The first-order valence-corrected chi connectivity index (χ1v) is 7.52. The Morgan fingerprint density at radius 2 is 1.90 bits per heavy atom. The maximum Gasteiger partial charge on any atom is 0.125 e. The average molecular weight is 280 g/mol. The van der Waals surface area contributed by atoms with Gasteiger partial charge in [0.05, 0.1) is 6.10 Å². The second-order valence-corrected chi connectivity index (χ2v) is 6.53. The molecule has 1 aromatic carbocycles. The summed E-state index contributed by atoms with van der Waals surface area (Å²) in [6.07, 6.45) is 3.19. The van der Waals surface area contributed by atoms with Crippen LogP contribution in [0.5, 0.6) is 5.75 Å². The predicted molar refractivity (Wildman–Crippen MR) is 78.2 cm³/mol. The van der Waals surface area contributed by atoms with Crippen molar-refractivity contribution in [2.45, 2.75) is 58.7 Å². The van der Waals surface area contributed by atoms with Gasteiger partial charge >= 0.3 is 0 Å². The number of ether oxygens (including phenoxy) is 1. The highest BCUT2D eigenvalue weighted by atomic mass is 19.1. The summed E-state index contributed by atoms with van der Waals surface area (Å²) in [5.74, 6) is 0.915. The van der Waals surface area contributed by atoms with Crippen molar-refractivity contribution in [2.24, 2.45) is 11.3 Å². The molecule has 0 aromatic heterocycles. The van der Waals surface area contributed by atoms with Gasteiger partial charge in [-0.3, -0.25) is 0 Å². The molecule has 1 N–H and O–H groups in total. The van der Waals surface area contributed by atoms with Gasteiger partial charge in [0.15, 0.2) is 0 Å². The molecule has 0 amide bonds. The van der Waals surface area contributed by atoms with E-state index in [0.29, 0.717) is 11.7 Å². The summed E-state index contributed by atoms with van der Waals surface area (Å²) in [5, 5.41) is 10.1. The first-order chi connectivity index (χ1) is 9.42. The number of halogens is 1. The number of hydrogen-bond acceptors (Lipinski definition) is 2. The van der Waals surface area contributed by atoms with Crippen LogP contribution in [0.1, 0.15) is 46.5 Å². The van der Waals surface area contributed by atoms with E-state index < -0.39 is 6.10 Å². The largest absolute Gasteiger partial charge is 0.488 e. The van der Waals surface area contributed by atoms with Gasteiger partial charge in [0, 0.05) is 0 Å². The number of aliphatic hydroxyl groups excluding tert-OH is 1. The number of hydrogen-bond donors (Lipinski definition) is 1. The van der Waals surface area contributed by atoms with Gasteiger partial charge in [-0.2, -0.15) is 0 Å². The molecule has 0 radical (unpaired) electrons. The normalized spacial score (nSPS) is 27.4. The molecule has 1 aliphatic rings. The lowest BCUT2D eigenvalue weighted by Crippen LogP contribution is -2.42. The van der Waals surface area contributed by atoms with E-state index in [1.165, 1.54) is 12.1 Å². The fourth-order valence-corrected chi connectivity index (χ4v) is 2.93. The van der Waals surface area contributed by atoms with E-state index in [4.69, 9.17) is 4.74 Å². The van der Waals surface area contributed by atoms with E-state index >= 15 is 0 Å². The second-order valence-electron chi connectivity index (χ2n) is 6.53. The Kier molecular flexibility index (Phi) is 4.69. The zero-order valence-electron chi connectivity index (χ0n) is 12.6. The van der Waals surface area contributed by atoms with Gasteiger partial charge in [-0.1, -0.05) is 27.2 Å². The molecule has 20 heavy (non-hydrogen) atoms. The molecule has 0 bridgehead atoms. The maximum absolute atomic E-state index is 12.9. The number of benzene rings is 1. The van der Waals surface area contributed by atoms with Gasteiger partial charge in [-0.25, -0.2) is 4.39 Å². The number of aliphatic hydroxyl groups is 1. The van der Waals surface area contributed by atoms with E-state index in [1.54, 1.807) is 12.1 Å². The molecule has 0 heterocycles. The summed E-state index contributed by atoms with van der Waals surface area (Å²) < 4.78 is 18.8. The van der Waals surface area contributed by atoms with Gasteiger partial charge in [0.2, 0.25) is 0 Å². The smallest absolute Gasteiger partial charge is 0.125 e. The highest BCUT2D eigenvalue weighted by Crippen LogP contribution is 2.41. The molecule has 1 fully saturated rings. The van der Waals surface area contributed by atoms with E-state index in [1.807, 2.05) is 0 Å². The molecule has 3 heteroatoms. The first-order valence-electron chi connectivity index (χ1n) is 7.52. The second kappa shape index (κ2) is 6.13. The molecule has 0 saturated heterocycles. The van der Waals surface area contributed by atoms with Gasteiger partial charge in [0.25, 0.3) is 0 Å². The fourth-order valence-electron chi connectivity index (χ4n) is 2.93. The standard InChI is InChI=1S/C17H25FO2/c1-4-17(2,3)12-5-10-15(19)16(11-12)20-14-8-6-13(18)7-9-14/h6-9,12,15-16,19H,4-5,10-11H2,1-3H3. The molecule has 2 nitrogen and oxygen atoms in total. The van der Waals surface area contributed by atoms with Crippen LogP contribution < -0.4 is 4.74 Å². The van der Waals surface area contributed by atoms with Gasteiger partial charge in [-0.05, 0) is 54.9 Å². The third-order valence-corrected chi connectivity index (χ3v) is 4.87. The van der Waals surface area contributed by atoms with Crippen LogP contribution in [0.4, 0.5) is 4.39 Å². The van der Waals surface area contributed by atoms with Crippen LogP contribution in [0.25, 0.3) is 0 Å². The minimum atomic E-state index is -0.427. The van der Waals surface area contributed by atoms with E-state index in [9.17, 15) is 9.50 Å². The molecule has 0 aliphatic heterocycles. The molecular formula is C17H25FO2. The van der Waals surface area contributed by atoms with Crippen LogP contribution >= 0.6 is 0 Å². The first kappa shape index (κ1) is 15.3. The van der Waals surface area contributed by atoms with E-state index in [2.05, 4.69) is 20.8 Å². The lowest BCUT2D eigenvalue weighted by atomic mass is 9.68. The maximum atomic E-state index is 12.9. The Labute approximate surface area is 121 Å². The van der Waals surface area contributed by atoms with Crippen molar-refractivity contribution in [1.82, 2.24) is 0 Å². The topological polar surface area (TPSA) is 29.5 Å². The SMILES string of the molecule is CCC(C)(C)C1CCC(O)C(Oc2ccc(F)cc2)C1. The summed E-state index contributed by atoms with van der Waals surface area (Å²) in [6, 6.07) is 6.02. The summed E-state index contributed by atoms with van der Waals surface area (Å²) in [6.45, 7) is 6.77.